The van der Waals surface area contributed by atoms with Gasteiger partial charge < -0.3 is 15.5 Å². The second kappa shape index (κ2) is 8.05. The summed E-state index contributed by atoms with van der Waals surface area (Å²) < 4.78 is 22.9. The van der Waals surface area contributed by atoms with Crippen LogP contribution in [0.4, 0.5) is 5.13 Å². The zero-order valence-corrected chi connectivity index (χ0v) is 16.3. The lowest BCUT2D eigenvalue weighted by Crippen LogP contribution is -2.51. The van der Waals surface area contributed by atoms with E-state index in [1.165, 1.54) is 6.26 Å². The topological polar surface area (TPSA) is 91.9 Å². The molecule has 7 nitrogen and oxygen atoms in total. The van der Waals surface area contributed by atoms with Crippen molar-refractivity contribution in [1.82, 2.24) is 9.88 Å². The van der Waals surface area contributed by atoms with Gasteiger partial charge in [-0.25, -0.2) is 13.4 Å². The smallest absolute Gasteiger partial charge is 0.191 e. The molecule has 0 amide bonds. The Balaban J connectivity index is 1.48. The summed E-state index contributed by atoms with van der Waals surface area (Å²) in [7, 11) is -3.15. The molecule has 0 atom stereocenters. The Bertz CT molecular complexity index is 840. The highest BCUT2D eigenvalue weighted by molar-refractivity contribution is 7.90. The molecule has 1 aliphatic rings. The third-order valence-electron chi connectivity index (χ3n) is 4.32. The van der Waals surface area contributed by atoms with Crippen LogP contribution in [-0.4, -0.2) is 63.2 Å². The van der Waals surface area contributed by atoms with Gasteiger partial charge in [0, 0.05) is 50.6 Å². The van der Waals surface area contributed by atoms with Crippen LogP contribution in [0.25, 0.3) is 0 Å². The monoisotopic (exact) mass is 393 g/mol. The highest BCUT2D eigenvalue weighted by Gasteiger charge is 2.19. The fourth-order valence-electron chi connectivity index (χ4n) is 2.80. The molecule has 1 aromatic heterocycles. The molecule has 0 spiro atoms. The first-order chi connectivity index (χ1) is 12.4. The lowest BCUT2D eigenvalue weighted by molar-refractivity contribution is 0.380. The molecule has 1 aromatic carbocycles. The zero-order valence-electron chi connectivity index (χ0n) is 14.7. The minimum atomic E-state index is -3.15. The summed E-state index contributed by atoms with van der Waals surface area (Å²) >= 11 is 1.65. The van der Waals surface area contributed by atoms with E-state index in [9.17, 15) is 8.42 Å². The summed E-state index contributed by atoms with van der Waals surface area (Å²) in [6.45, 7) is 4.01. The Morgan fingerprint density at radius 3 is 2.50 bits per heavy atom. The van der Waals surface area contributed by atoms with Crippen LogP contribution >= 0.6 is 11.3 Å². The Labute approximate surface area is 158 Å². The van der Waals surface area contributed by atoms with Crippen molar-refractivity contribution in [2.45, 2.75) is 11.3 Å². The van der Waals surface area contributed by atoms with Crippen LogP contribution in [0.1, 0.15) is 5.56 Å². The van der Waals surface area contributed by atoms with Crippen LogP contribution in [0.2, 0.25) is 0 Å². The maximum atomic E-state index is 11.5. The SMILES string of the molecule is CS(=O)(=O)c1ccc(CCN=C(N)N2CCN(c3nccs3)CC2)cc1. The van der Waals surface area contributed by atoms with Crippen molar-refractivity contribution in [3.8, 4) is 0 Å². The predicted octanol–water partition coefficient (Wildman–Crippen LogP) is 1.23. The third kappa shape index (κ3) is 4.73. The number of hydrogen-bond donors (Lipinski definition) is 1. The molecule has 2 N–H and O–H groups in total. The maximum absolute atomic E-state index is 11.5. The molecule has 0 radical (unpaired) electrons. The van der Waals surface area contributed by atoms with Crippen LogP contribution in [0.15, 0.2) is 45.7 Å². The fourth-order valence-corrected chi connectivity index (χ4v) is 4.13. The number of nitrogens with two attached hydrogens (primary N) is 1. The van der Waals surface area contributed by atoms with E-state index in [1.807, 2.05) is 23.7 Å². The molecule has 140 valence electrons. The number of nitrogens with zero attached hydrogens (tertiary/aromatic N) is 4. The van der Waals surface area contributed by atoms with Gasteiger partial charge in [-0.05, 0) is 24.1 Å². The Kier molecular flexibility index (Phi) is 5.77. The predicted molar refractivity (Wildman–Crippen MR) is 106 cm³/mol. The zero-order chi connectivity index (χ0) is 18.6. The van der Waals surface area contributed by atoms with Crippen molar-refractivity contribution >= 4 is 32.3 Å². The average molecular weight is 394 g/mol. The van der Waals surface area contributed by atoms with Crippen molar-refractivity contribution in [2.24, 2.45) is 10.7 Å². The molecule has 1 saturated heterocycles. The van der Waals surface area contributed by atoms with Crippen molar-refractivity contribution in [2.75, 3.05) is 43.9 Å². The molecule has 0 saturated carbocycles. The van der Waals surface area contributed by atoms with E-state index in [0.29, 0.717) is 17.4 Å². The van der Waals surface area contributed by atoms with Gasteiger partial charge in [-0.3, -0.25) is 4.99 Å². The highest BCUT2D eigenvalue weighted by Crippen LogP contribution is 2.18. The number of piperazine rings is 1. The Hall–Kier alpha value is -2.13. The minimum absolute atomic E-state index is 0.336. The molecule has 0 unspecified atom stereocenters. The first-order valence-electron chi connectivity index (χ1n) is 8.42. The van der Waals surface area contributed by atoms with Crippen LogP contribution in [-0.2, 0) is 16.3 Å². The number of benzene rings is 1. The van der Waals surface area contributed by atoms with Crippen LogP contribution in [0, 0.1) is 0 Å². The number of anilines is 1. The lowest BCUT2D eigenvalue weighted by atomic mass is 10.1. The molecular weight excluding hydrogens is 370 g/mol. The Morgan fingerprint density at radius 1 is 1.23 bits per heavy atom. The van der Waals surface area contributed by atoms with E-state index in [-0.39, 0.29) is 0 Å². The molecule has 26 heavy (non-hydrogen) atoms. The summed E-state index contributed by atoms with van der Waals surface area (Å²) in [5, 5.41) is 3.04. The second-order valence-electron chi connectivity index (χ2n) is 6.19. The number of rotatable bonds is 5. The maximum Gasteiger partial charge on any atom is 0.191 e. The number of aliphatic imine (C=N–C) groups is 1. The molecule has 2 heterocycles. The fraction of sp³-hybridized carbons (Fsp3) is 0.412. The van der Waals surface area contributed by atoms with Gasteiger partial charge in [-0.2, -0.15) is 0 Å². The van der Waals surface area contributed by atoms with Crippen molar-refractivity contribution in [3.05, 3.63) is 41.4 Å². The summed E-state index contributed by atoms with van der Waals surface area (Å²) in [6.07, 6.45) is 3.76. The van der Waals surface area contributed by atoms with Crippen LogP contribution in [0.5, 0.6) is 0 Å². The first kappa shape index (κ1) is 18.7. The average Bonchev–Trinajstić information content (AvgIpc) is 3.16. The number of sulfone groups is 1. The summed E-state index contributed by atoms with van der Waals surface area (Å²) in [4.78, 5) is 13.5. The normalized spacial score (nSPS) is 16.1. The summed E-state index contributed by atoms with van der Waals surface area (Å²) in [6, 6.07) is 6.93. The van der Waals surface area contributed by atoms with E-state index in [4.69, 9.17) is 5.73 Å². The van der Waals surface area contributed by atoms with Crippen LogP contribution in [0.3, 0.4) is 0 Å². The van der Waals surface area contributed by atoms with E-state index < -0.39 is 9.84 Å². The summed E-state index contributed by atoms with van der Waals surface area (Å²) in [5.74, 6) is 0.566. The minimum Gasteiger partial charge on any atom is -0.370 e. The number of aromatic nitrogens is 1. The number of guanidine groups is 1. The van der Waals surface area contributed by atoms with E-state index >= 15 is 0 Å². The molecule has 3 rings (SSSR count). The Morgan fingerprint density at radius 2 is 1.92 bits per heavy atom. The van der Waals surface area contributed by atoms with Gasteiger partial charge in [0.25, 0.3) is 0 Å². The standard InChI is InChI=1S/C17H23N5O2S2/c1-26(23,24)15-4-2-14(3-5-15)6-7-19-16(18)21-9-11-22(12-10-21)17-20-8-13-25-17/h2-5,8,13H,6-7,9-12H2,1H3,(H2,18,19). The number of hydrogen-bond acceptors (Lipinski definition) is 6. The number of thiazole rings is 1. The second-order valence-corrected chi connectivity index (χ2v) is 9.08. The molecule has 0 bridgehead atoms. The molecule has 1 aliphatic heterocycles. The van der Waals surface area contributed by atoms with Crippen molar-refractivity contribution in [1.29, 1.82) is 0 Å². The van der Waals surface area contributed by atoms with Crippen molar-refractivity contribution in [3.63, 3.8) is 0 Å². The van der Waals surface area contributed by atoms with Gasteiger partial charge in [0.05, 0.1) is 4.90 Å². The summed E-state index contributed by atoms with van der Waals surface area (Å²) in [5.41, 5.74) is 7.17. The van der Waals surface area contributed by atoms with Gasteiger partial charge in [0.2, 0.25) is 0 Å². The van der Waals surface area contributed by atoms with E-state index in [0.717, 1.165) is 43.3 Å². The lowest BCUT2D eigenvalue weighted by Gasteiger charge is -2.35. The molecule has 2 aromatic rings. The van der Waals surface area contributed by atoms with Crippen molar-refractivity contribution < 1.29 is 8.42 Å². The molecular formula is C17H23N5O2S2. The molecule has 1 fully saturated rings. The third-order valence-corrected chi connectivity index (χ3v) is 6.28. The van der Waals surface area contributed by atoms with Crippen LogP contribution < -0.4 is 10.6 Å². The largest absolute Gasteiger partial charge is 0.370 e. The first-order valence-corrected chi connectivity index (χ1v) is 11.2. The quantitative estimate of drug-likeness (QED) is 0.607. The van der Waals surface area contributed by atoms with E-state index in [2.05, 4.69) is 19.8 Å². The van der Waals surface area contributed by atoms with E-state index in [1.54, 1.807) is 23.5 Å². The van der Waals surface area contributed by atoms with Gasteiger partial charge in [-0.1, -0.05) is 12.1 Å². The molecule has 0 aliphatic carbocycles. The van der Waals surface area contributed by atoms with Gasteiger partial charge >= 0.3 is 0 Å². The van der Waals surface area contributed by atoms with Gasteiger partial charge in [0.1, 0.15) is 0 Å². The molecule has 9 heteroatoms. The van der Waals surface area contributed by atoms with Gasteiger partial charge in [-0.15, -0.1) is 11.3 Å². The van der Waals surface area contributed by atoms with Gasteiger partial charge in [0.15, 0.2) is 20.9 Å². The highest BCUT2D eigenvalue weighted by atomic mass is 32.2.